The van der Waals surface area contributed by atoms with Gasteiger partial charge in [-0.2, -0.15) is 0 Å². The van der Waals surface area contributed by atoms with Gasteiger partial charge in [-0.1, -0.05) is 5.21 Å². The van der Waals surface area contributed by atoms with Gasteiger partial charge in [0.2, 0.25) is 0 Å². The number of rotatable bonds is 2. The molecule has 0 radical (unpaired) electrons. The van der Waals surface area contributed by atoms with Crippen LogP contribution >= 0.6 is 0 Å². The average Bonchev–Trinajstić information content (AvgIpc) is 2.75. The van der Waals surface area contributed by atoms with Crippen molar-refractivity contribution in [1.82, 2.24) is 24.5 Å². The van der Waals surface area contributed by atoms with Crippen LogP contribution in [0.2, 0.25) is 0 Å². The zero-order valence-corrected chi connectivity index (χ0v) is 9.39. The van der Waals surface area contributed by atoms with Crippen LogP contribution < -0.4 is 10.5 Å². The Kier molecular flexibility index (Phi) is 2.17. The minimum Gasteiger partial charge on any atom is -0.348 e. The first-order valence-corrected chi connectivity index (χ1v) is 5.38. The minimum atomic E-state index is -0.0652. The van der Waals surface area contributed by atoms with E-state index in [0.29, 0.717) is 5.82 Å². The molecule has 3 heterocycles. The second-order valence-electron chi connectivity index (χ2n) is 4.11. The molecular formula is C10H12N6O. The average molecular weight is 232 g/mol. The summed E-state index contributed by atoms with van der Waals surface area (Å²) in [7, 11) is 1.72. The van der Waals surface area contributed by atoms with Crippen molar-refractivity contribution in [2.45, 2.75) is 6.04 Å². The van der Waals surface area contributed by atoms with Gasteiger partial charge in [0.15, 0.2) is 5.82 Å². The van der Waals surface area contributed by atoms with Crippen molar-refractivity contribution in [2.24, 2.45) is 7.05 Å². The minimum absolute atomic E-state index is 0.0652. The van der Waals surface area contributed by atoms with E-state index in [0.717, 1.165) is 13.1 Å². The number of aromatic nitrogens is 5. The fourth-order valence-corrected chi connectivity index (χ4v) is 1.91. The van der Waals surface area contributed by atoms with Crippen molar-refractivity contribution < 1.29 is 0 Å². The van der Waals surface area contributed by atoms with E-state index in [1.165, 1.54) is 4.57 Å². The van der Waals surface area contributed by atoms with Crippen LogP contribution in [0.25, 0.3) is 0 Å². The van der Waals surface area contributed by atoms with E-state index in [4.69, 9.17) is 0 Å². The Morgan fingerprint density at radius 3 is 2.82 bits per heavy atom. The van der Waals surface area contributed by atoms with Gasteiger partial charge in [-0.3, -0.25) is 4.79 Å². The highest BCUT2D eigenvalue weighted by atomic mass is 16.1. The van der Waals surface area contributed by atoms with Crippen LogP contribution in [-0.4, -0.2) is 37.6 Å². The summed E-state index contributed by atoms with van der Waals surface area (Å²) >= 11 is 0. The van der Waals surface area contributed by atoms with Crippen LogP contribution in [-0.2, 0) is 7.05 Å². The Labute approximate surface area is 97.3 Å². The highest BCUT2D eigenvalue weighted by Crippen LogP contribution is 2.22. The van der Waals surface area contributed by atoms with Gasteiger partial charge in [0.1, 0.15) is 0 Å². The van der Waals surface area contributed by atoms with E-state index >= 15 is 0 Å². The van der Waals surface area contributed by atoms with Crippen molar-refractivity contribution in [2.75, 3.05) is 18.0 Å². The summed E-state index contributed by atoms with van der Waals surface area (Å²) in [5, 5.41) is 7.71. The fourth-order valence-electron chi connectivity index (χ4n) is 1.91. The van der Waals surface area contributed by atoms with E-state index in [1.807, 2.05) is 15.8 Å². The molecular weight excluding hydrogens is 220 g/mol. The molecule has 0 unspecified atom stereocenters. The third kappa shape index (κ3) is 1.59. The Morgan fingerprint density at radius 1 is 1.29 bits per heavy atom. The molecule has 1 aliphatic rings. The molecule has 0 saturated carbocycles. The van der Waals surface area contributed by atoms with E-state index in [9.17, 15) is 4.79 Å². The van der Waals surface area contributed by atoms with Crippen LogP contribution in [0, 0.1) is 0 Å². The molecule has 0 amide bonds. The predicted octanol–water partition coefficient (Wildman–Crippen LogP) is -0.567. The number of hydrogen-bond acceptors (Lipinski definition) is 5. The number of anilines is 1. The largest absolute Gasteiger partial charge is 0.348 e. The van der Waals surface area contributed by atoms with Gasteiger partial charge in [0.25, 0.3) is 5.56 Å². The summed E-state index contributed by atoms with van der Waals surface area (Å²) in [5.41, 5.74) is -0.0652. The lowest BCUT2D eigenvalue weighted by molar-refractivity contribution is 0.357. The zero-order valence-electron chi connectivity index (χ0n) is 9.39. The molecule has 3 rings (SSSR count). The first-order valence-electron chi connectivity index (χ1n) is 5.38. The van der Waals surface area contributed by atoms with Crippen LogP contribution in [0.1, 0.15) is 6.04 Å². The SMILES string of the molecule is Cn1ccnc(N2CC(n3ccnn3)C2)c1=O. The Balaban J connectivity index is 1.77. The molecule has 0 aliphatic carbocycles. The van der Waals surface area contributed by atoms with Crippen LogP contribution in [0.3, 0.4) is 0 Å². The topological polar surface area (TPSA) is 68.8 Å². The standard InChI is InChI=1S/C10H12N6O/c1-14-4-2-11-9(10(14)17)15-6-8(7-15)16-5-3-12-13-16/h2-5,8H,6-7H2,1H3. The summed E-state index contributed by atoms with van der Waals surface area (Å²) in [5.74, 6) is 0.506. The third-order valence-electron chi connectivity index (χ3n) is 2.98. The van der Waals surface area contributed by atoms with Gasteiger partial charge in [0.05, 0.1) is 12.2 Å². The molecule has 7 nitrogen and oxygen atoms in total. The van der Waals surface area contributed by atoms with Crippen LogP contribution in [0.15, 0.2) is 29.6 Å². The first kappa shape index (κ1) is 10.0. The van der Waals surface area contributed by atoms with Gasteiger partial charge in [-0.15, -0.1) is 5.10 Å². The molecule has 2 aromatic rings. The molecule has 1 saturated heterocycles. The highest BCUT2D eigenvalue weighted by Gasteiger charge is 2.31. The smallest absolute Gasteiger partial charge is 0.293 e. The molecule has 0 bridgehead atoms. The summed E-state index contributed by atoms with van der Waals surface area (Å²) < 4.78 is 3.34. The van der Waals surface area contributed by atoms with Gasteiger partial charge in [0, 0.05) is 38.7 Å². The molecule has 0 spiro atoms. The summed E-state index contributed by atoms with van der Waals surface area (Å²) in [6.45, 7) is 1.49. The number of aryl methyl sites for hydroxylation is 1. The zero-order chi connectivity index (χ0) is 11.8. The van der Waals surface area contributed by atoms with E-state index in [1.54, 1.807) is 25.6 Å². The lowest BCUT2D eigenvalue weighted by Gasteiger charge is -2.39. The quantitative estimate of drug-likeness (QED) is 0.693. The highest BCUT2D eigenvalue weighted by molar-refractivity contribution is 5.39. The Bertz CT molecular complexity index is 569. The van der Waals surface area contributed by atoms with Gasteiger partial charge < -0.3 is 9.47 Å². The lowest BCUT2D eigenvalue weighted by atomic mass is 10.1. The van der Waals surface area contributed by atoms with Crippen molar-refractivity contribution in [1.29, 1.82) is 0 Å². The van der Waals surface area contributed by atoms with E-state index < -0.39 is 0 Å². The van der Waals surface area contributed by atoms with E-state index in [2.05, 4.69) is 15.3 Å². The summed E-state index contributed by atoms with van der Waals surface area (Å²) in [6.07, 6.45) is 6.78. The predicted molar refractivity (Wildman–Crippen MR) is 60.8 cm³/mol. The van der Waals surface area contributed by atoms with Crippen LogP contribution in [0.5, 0.6) is 0 Å². The summed E-state index contributed by atoms with van der Waals surface area (Å²) in [6, 6.07) is 0.282. The maximum absolute atomic E-state index is 11.8. The second-order valence-corrected chi connectivity index (χ2v) is 4.11. The molecule has 88 valence electrons. The Morgan fingerprint density at radius 2 is 2.12 bits per heavy atom. The van der Waals surface area contributed by atoms with Crippen LogP contribution in [0.4, 0.5) is 5.82 Å². The van der Waals surface area contributed by atoms with Gasteiger partial charge in [-0.05, 0) is 0 Å². The Hall–Kier alpha value is -2.18. The second kappa shape index (κ2) is 3.69. The number of hydrogen-bond donors (Lipinski definition) is 0. The molecule has 17 heavy (non-hydrogen) atoms. The van der Waals surface area contributed by atoms with Crippen molar-refractivity contribution in [3.05, 3.63) is 35.1 Å². The van der Waals surface area contributed by atoms with Crippen molar-refractivity contribution >= 4 is 5.82 Å². The molecule has 1 aliphatic heterocycles. The van der Waals surface area contributed by atoms with Gasteiger partial charge in [-0.25, -0.2) is 9.67 Å². The fraction of sp³-hybridized carbons (Fsp3) is 0.400. The van der Waals surface area contributed by atoms with Crippen molar-refractivity contribution in [3.63, 3.8) is 0 Å². The van der Waals surface area contributed by atoms with Gasteiger partial charge >= 0.3 is 0 Å². The number of nitrogens with zero attached hydrogens (tertiary/aromatic N) is 6. The third-order valence-corrected chi connectivity index (χ3v) is 2.98. The maximum atomic E-state index is 11.8. The normalized spacial score (nSPS) is 15.9. The molecule has 2 aromatic heterocycles. The van der Waals surface area contributed by atoms with E-state index in [-0.39, 0.29) is 11.6 Å². The lowest BCUT2D eigenvalue weighted by Crippen LogP contribution is -2.50. The van der Waals surface area contributed by atoms with Crippen molar-refractivity contribution in [3.8, 4) is 0 Å². The monoisotopic (exact) mass is 232 g/mol. The molecule has 1 fully saturated rings. The first-order chi connectivity index (χ1) is 8.25. The molecule has 7 heteroatoms. The molecule has 0 N–H and O–H groups in total. The molecule has 0 aromatic carbocycles. The maximum Gasteiger partial charge on any atom is 0.293 e. The summed E-state index contributed by atoms with van der Waals surface area (Å²) in [4.78, 5) is 17.9. The molecule has 0 atom stereocenters.